The van der Waals surface area contributed by atoms with E-state index in [9.17, 15) is 14.4 Å². The van der Waals surface area contributed by atoms with E-state index in [0.717, 1.165) is 41.0 Å². The Hall–Kier alpha value is -2.74. The van der Waals surface area contributed by atoms with Crippen molar-refractivity contribution in [1.82, 2.24) is 20.5 Å². The van der Waals surface area contributed by atoms with Crippen LogP contribution in [-0.2, 0) is 14.4 Å². The van der Waals surface area contributed by atoms with Crippen molar-refractivity contribution in [3.05, 3.63) is 41.0 Å². The highest BCUT2D eigenvalue weighted by Crippen LogP contribution is 2.32. The van der Waals surface area contributed by atoms with Gasteiger partial charge in [-0.1, -0.05) is 45.0 Å². The number of aryl methyl sites for hydroxylation is 1. The van der Waals surface area contributed by atoms with Gasteiger partial charge >= 0.3 is 0 Å². The number of hydrogen-bond donors (Lipinski definition) is 2. The number of thiazole rings is 1. The molecule has 1 aliphatic heterocycles. The second-order valence-electron chi connectivity index (χ2n) is 10.9. The van der Waals surface area contributed by atoms with Crippen molar-refractivity contribution in [1.29, 1.82) is 0 Å². The van der Waals surface area contributed by atoms with Crippen molar-refractivity contribution < 1.29 is 14.4 Å². The number of aromatic nitrogens is 1. The zero-order chi connectivity index (χ0) is 25.3. The number of rotatable bonds is 7. The lowest BCUT2D eigenvalue weighted by Gasteiger charge is -2.35. The molecule has 2 N–H and O–H groups in total. The third kappa shape index (κ3) is 5.74. The van der Waals surface area contributed by atoms with Gasteiger partial charge in [0.25, 0.3) is 0 Å². The zero-order valence-corrected chi connectivity index (χ0v) is 22.1. The molecule has 1 aromatic carbocycles. The van der Waals surface area contributed by atoms with Gasteiger partial charge in [0.2, 0.25) is 17.7 Å². The molecule has 188 valence electrons. The van der Waals surface area contributed by atoms with Gasteiger partial charge in [-0.05, 0) is 56.1 Å². The summed E-state index contributed by atoms with van der Waals surface area (Å²) >= 11 is 1.62. The van der Waals surface area contributed by atoms with Crippen molar-refractivity contribution in [3.63, 3.8) is 0 Å². The van der Waals surface area contributed by atoms with E-state index >= 15 is 0 Å². The highest BCUT2D eigenvalue weighted by atomic mass is 32.1. The predicted molar refractivity (Wildman–Crippen MR) is 138 cm³/mol. The fourth-order valence-corrected chi connectivity index (χ4v) is 5.43. The van der Waals surface area contributed by atoms with Crippen molar-refractivity contribution in [2.45, 2.75) is 78.4 Å². The number of nitrogens with zero attached hydrogens (tertiary/aromatic N) is 2. The van der Waals surface area contributed by atoms with Crippen molar-refractivity contribution in [2.75, 3.05) is 6.54 Å². The third-order valence-electron chi connectivity index (χ3n) is 6.96. The summed E-state index contributed by atoms with van der Waals surface area (Å²) in [5.74, 6) is -0.338. The lowest BCUT2D eigenvalue weighted by molar-refractivity contribution is -0.144. The fourth-order valence-electron chi connectivity index (χ4n) is 4.62. The molecule has 7 nitrogen and oxygen atoms in total. The van der Waals surface area contributed by atoms with Gasteiger partial charge in [0.15, 0.2) is 0 Å². The molecule has 1 aliphatic carbocycles. The molecule has 0 spiro atoms. The average molecular weight is 497 g/mol. The Balaban J connectivity index is 1.42. The summed E-state index contributed by atoms with van der Waals surface area (Å²) in [5.41, 5.74) is 4.52. The fraction of sp³-hybridized carbons (Fsp3) is 0.556. The molecule has 2 aromatic rings. The standard InChI is InChI=1S/C27H36N4O3S/c1-16(18-8-10-19(11-9-18)22-17(2)28-15-35-22)29-25(33)21-7-6-14-31(21)26(34)23(27(3,4)5)30-24(32)20-12-13-20/h8-11,15-16,20-21,23H,6-7,12-14H2,1-5H3,(H,29,33)(H,30,32). The van der Waals surface area contributed by atoms with E-state index < -0.39 is 17.5 Å². The Morgan fingerprint density at radius 2 is 1.74 bits per heavy atom. The Kier molecular flexibility index (Phi) is 7.31. The minimum absolute atomic E-state index is 0.0255. The zero-order valence-electron chi connectivity index (χ0n) is 21.3. The van der Waals surface area contributed by atoms with Crippen LogP contribution in [0.3, 0.4) is 0 Å². The van der Waals surface area contributed by atoms with Crippen molar-refractivity contribution in [2.24, 2.45) is 11.3 Å². The first-order valence-corrected chi connectivity index (χ1v) is 13.4. The number of benzene rings is 1. The number of carbonyl (C=O) groups is 3. The lowest BCUT2D eigenvalue weighted by atomic mass is 9.85. The van der Waals surface area contributed by atoms with Gasteiger partial charge in [-0.25, -0.2) is 4.98 Å². The smallest absolute Gasteiger partial charge is 0.246 e. The lowest BCUT2D eigenvalue weighted by Crippen LogP contribution is -2.58. The molecule has 35 heavy (non-hydrogen) atoms. The summed E-state index contributed by atoms with van der Waals surface area (Å²) in [6.45, 7) is 10.3. The second-order valence-corrected chi connectivity index (χ2v) is 11.7. The van der Waals surface area contributed by atoms with E-state index in [1.54, 1.807) is 16.2 Å². The van der Waals surface area contributed by atoms with Crippen LogP contribution >= 0.6 is 11.3 Å². The molecule has 0 bridgehead atoms. The van der Waals surface area contributed by atoms with E-state index in [0.29, 0.717) is 13.0 Å². The van der Waals surface area contributed by atoms with E-state index in [2.05, 4.69) is 27.8 Å². The normalized spacial score (nSPS) is 19.8. The molecule has 8 heteroatoms. The molecule has 3 unspecified atom stereocenters. The number of nitrogens with one attached hydrogen (secondary N) is 2. The summed E-state index contributed by atoms with van der Waals surface area (Å²) in [4.78, 5) is 46.4. The molecular weight excluding hydrogens is 460 g/mol. The van der Waals surface area contributed by atoms with Gasteiger partial charge in [-0.2, -0.15) is 0 Å². The van der Waals surface area contributed by atoms with Crippen LogP contribution in [0.25, 0.3) is 10.4 Å². The Bertz CT molecular complexity index is 1080. The van der Waals surface area contributed by atoms with Crippen LogP contribution in [0.4, 0.5) is 0 Å². The SMILES string of the molecule is Cc1ncsc1-c1ccc(C(C)NC(=O)C2CCCN2C(=O)C(NC(=O)C2CC2)C(C)(C)C)cc1. The molecule has 1 aromatic heterocycles. The van der Waals surface area contributed by atoms with Crippen LogP contribution in [-0.4, -0.2) is 46.2 Å². The maximum Gasteiger partial charge on any atom is 0.246 e. The molecule has 1 saturated carbocycles. The molecule has 2 heterocycles. The van der Waals surface area contributed by atoms with E-state index in [1.807, 2.05) is 52.3 Å². The van der Waals surface area contributed by atoms with Gasteiger partial charge in [0, 0.05) is 12.5 Å². The Morgan fingerprint density at radius 1 is 1.06 bits per heavy atom. The van der Waals surface area contributed by atoms with E-state index in [4.69, 9.17) is 0 Å². The number of amides is 3. The van der Waals surface area contributed by atoms with Crippen molar-refractivity contribution in [3.8, 4) is 10.4 Å². The monoisotopic (exact) mass is 496 g/mol. The van der Waals surface area contributed by atoms with Crippen LogP contribution < -0.4 is 10.6 Å². The maximum absolute atomic E-state index is 13.5. The van der Waals surface area contributed by atoms with Crippen LogP contribution in [0.5, 0.6) is 0 Å². The van der Waals surface area contributed by atoms with Crippen LogP contribution in [0.2, 0.25) is 0 Å². The van der Waals surface area contributed by atoms with E-state index in [-0.39, 0.29) is 29.7 Å². The molecule has 1 saturated heterocycles. The first-order chi connectivity index (χ1) is 16.6. The van der Waals surface area contributed by atoms with Gasteiger partial charge in [0.1, 0.15) is 12.1 Å². The molecule has 0 radical (unpaired) electrons. The molecule has 3 atom stereocenters. The average Bonchev–Trinajstić information content (AvgIpc) is 3.39. The second kappa shape index (κ2) is 10.1. The molecule has 4 rings (SSSR count). The first kappa shape index (κ1) is 25.4. The first-order valence-electron chi connectivity index (χ1n) is 12.5. The number of carbonyl (C=O) groups excluding carboxylic acids is 3. The summed E-state index contributed by atoms with van der Waals surface area (Å²) in [5, 5.41) is 6.08. The highest BCUT2D eigenvalue weighted by Gasteiger charge is 2.43. The summed E-state index contributed by atoms with van der Waals surface area (Å²) in [6.07, 6.45) is 3.17. The van der Waals surface area contributed by atoms with Crippen LogP contribution in [0.1, 0.15) is 70.7 Å². The van der Waals surface area contributed by atoms with Crippen LogP contribution in [0, 0.1) is 18.3 Å². The van der Waals surface area contributed by atoms with Gasteiger partial charge < -0.3 is 15.5 Å². The molecule has 2 fully saturated rings. The van der Waals surface area contributed by atoms with Gasteiger partial charge in [-0.3, -0.25) is 14.4 Å². The summed E-state index contributed by atoms with van der Waals surface area (Å²) in [7, 11) is 0. The minimum atomic E-state index is -0.649. The Morgan fingerprint density at radius 3 is 2.31 bits per heavy atom. The van der Waals surface area contributed by atoms with Gasteiger partial charge in [0.05, 0.1) is 22.1 Å². The topological polar surface area (TPSA) is 91.4 Å². The minimum Gasteiger partial charge on any atom is -0.348 e. The van der Waals surface area contributed by atoms with Crippen molar-refractivity contribution >= 4 is 29.1 Å². The predicted octanol–water partition coefficient (Wildman–Crippen LogP) is 4.23. The van der Waals surface area contributed by atoms with Gasteiger partial charge in [-0.15, -0.1) is 11.3 Å². The summed E-state index contributed by atoms with van der Waals surface area (Å²) < 4.78 is 0. The maximum atomic E-state index is 13.5. The quantitative estimate of drug-likeness (QED) is 0.600. The third-order valence-corrected chi connectivity index (χ3v) is 7.94. The number of hydrogen-bond acceptors (Lipinski definition) is 5. The highest BCUT2D eigenvalue weighted by molar-refractivity contribution is 7.13. The summed E-state index contributed by atoms with van der Waals surface area (Å²) in [6, 6.07) is 6.81. The molecular formula is C27H36N4O3S. The van der Waals surface area contributed by atoms with Crippen LogP contribution in [0.15, 0.2) is 29.8 Å². The van der Waals surface area contributed by atoms with E-state index in [1.165, 1.54) is 0 Å². The largest absolute Gasteiger partial charge is 0.348 e. The molecule has 2 aliphatic rings. The number of likely N-dealkylation sites (tertiary alicyclic amines) is 1. The molecule has 3 amide bonds. The Labute approximate surface area is 211 Å².